The van der Waals surface area contributed by atoms with E-state index in [2.05, 4.69) is 88.3 Å². The molecule has 0 radical (unpaired) electrons. The Labute approximate surface area is 162 Å². The summed E-state index contributed by atoms with van der Waals surface area (Å²) in [6, 6.07) is 0. The van der Waals surface area contributed by atoms with Gasteiger partial charge in [0.2, 0.25) is 0 Å². The summed E-state index contributed by atoms with van der Waals surface area (Å²) >= 11 is 0. The first-order chi connectivity index (χ1) is 11.6. The Hall–Kier alpha value is -1.30. The summed E-state index contributed by atoms with van der Waals surface area (Å²) < 4.78 is 0. The highest BCUT2D eigenvalue weighted by molar-refractivity contribution is 4.82. The van der Waals surface area contributed by atoms with Crippen LogP contribution in [-0.2, 0) is 0 Å². The van der Waals surface area contributed by atoms with E-state index in [4.69, 9.17) is 0 Å². The lowest BCUT2D eigenvalue weighted by Crippen LogP contribution is -1.96. The van der Waals surface area contributed by atoms with E-state index >= 15 is 0 Å². The summed E-state index contributed by atoms with van der Waals surface area (Å²) in [5.41, 5.74) is 0.306. The predicted octanol–water partition coefficient (Wildman–Crippen LogP) is 9.57. The molecule has 0 saturated carbocycles. The molecule has 0 heteroatoms. The molecule has 0 rings (SSSR count). The van der Waals surface area contributed by atoms with Crippen molar-refractivity contribution >= 4 is 0 Å². The fourth-order valence-electron chi connectivity index (χ4n) is 0.408. The third-order valence-corrected chi connectivity index (χ3v) is 2.36. The summed E-state index contributed by atoms with van der Waals surface area (Å²) in [6.45, 7) is 34.7. The van der Waals surface area contributed by atoms with E-state index in [1.807, 2.05) is 30.4 Å². The molecule has 0 atom stereocenters. The van der Waals surface area contributed by atoms with Crippen molar-refractivity contribution in [2.45, 2.75) is 87.5 Å². The van der Waals surface area contributed by atoms with Gasteiger partial charge in [0.15, 0.2) is 0 Å². The van der Waals surface area contributed by atoms with Crippen molar-refractivity contribution in [2.24, 2.45) is 11.3 Å². The van der Waals surface area contributed by atoms with Crippen LogP contribution in [0, 0.1) is 11.3 Å². The Bertz CT molecular complexity index is 250. The molecule has 0 N–H and O–H groups in total. The van der Waals surface area contributed by atoms with Gasteiger partial charge in [0, 0.05) is 0 Å². The van der Waals surface area contributed by atoms with E-state index in [1.54, 1.807) is 0 Å². The quantitative estimate of drug-likeness (QED) is 0.418. The van der Waals surface area contributed by atoms with Gasteiger partial charge in [0.05, 0.1) is 0 Å². The Morgan fingerprint density at radius 1 is 0.720 bits per heavy atom. The van der Waals surface area contributed by atoms with E-state index in [1.165, 1.54) is 12.8 Å². The zero-order valence-corrected chi connectivity index (χ0v) is 19.0. The van der Waals surface area contributed by atoms with E-state index in [9.17, 15) is 0 Å². The molecule has 0 amide bonds. The molecule has 0 saturated heterocycles. The first kappa shape index (κ1) is 34.9. The minimum Gasteiger partial charge on any atom is -0.103 e. The predicted molar refractivity (Wildman–Crippen MR) is 125 cm³/mol. The molecular weight excluding hydrogens is 300 g/mol. The SMILES string of the molecule is C=CC(C)(C)C.C=CC(C)C.C=CCC.C=CCCC.C=CCCC. The highest BCUT2D eigenvalue weighted by atomic mass is 14.0. The largest absolute Gasteiger partial charge is 0.103 e. The van der Waals surface area contributed by atoms with Crippen molar-refractivity contribution < 1.29 is 0 Å². The number of hydrogen-bond acceptors (Lipinski definition) is 0. The Morgan fingerprint density at radius 2 is 0.960 bits per heavy atom. The third-order valence-electron chi connectivity index (χ3n) is 2.36. The first-order valence-corrected chi connectivity index (χ1v) is 9.66. The molecule has 0 aliphatic rings. The fraction of sp³-hybridized carbons (Fsp3) is 0.600. The molecule has 25 heavy (non-hydrogen) atoms. The second-order valence-corrected chi connectivity index (χ2v) is 6.90. The highest BCUT2D eigenvalue weighted by Crippen LogP contribution is 2.11. The minimum absolute atomic E-state index is 0.306. The van der Waals surface area contributed by atoms with Gasteiger partial charge in [-0.1, -0.05) is 98.6 Å². The molecule has 0 aliphatic heterocycles. The van der Waals surface area contributed by atoms with Crippen molar-refractivity contribution in [1.82, 2.24) is 0 Å². The van der Waals surface area contributed by atoms with Gasteiger partial charge >= 0.3 is 0 Å². The maximum Gasteiger partial charge on any atom is -0.0206 e. The standard InChI is InChI=1S/C6H12.3C5H10.C4H8/c1-5-6(2,3)4;1-4-5(2)3;2*1-3-5-4-2;1-3-4-2/h5H,1H2,2-4H3;4-5H,1H2,2-3H3;2*3H,1,4-5H2,2H3;3H,1,4H2,2H3. The van der Waals surface area contributed by atoms with Gasteiger partial charge in [0.1, 0.15) is 0 Å². The molecule has 0 aromatic heterocycles. The lowest BCUT2D eigenvalue weighted by atomic mass is 9.98. The minimum atomic E-state index is 0.306. The summed E-state index contributed by atoms with van der Waals surface area (Å²) in [7, 11) is 0. The molecule has 0 nitrogen and oxygen atoms in total. The van der Waals surface area contributed by atoms with Crippen LogP contribution >= 0.6 is 0 Å². The topological polar surface area (TPSA) is 0 Å². The Kier molecular flexibility index (Phi) is 47.7. The number of rotatable bonds is 6. The van der Waals surface area contributed by atoms with Crippen molar-refractivity contribution in [3.05, 3.63) is 63.3 Å². The van der Waals surface area contributed by atoms with Crippen molar-refractivity contribution in [3.63, 3.8) is 0 Å². The first-order valence-electron chi connectivity index (χ1n) is 9.66. The van der Waals surface area contributed by atoms with Gasteiger partial charge in [-0.05, 0) is 30.6 Å². The van der Waals surface area contributed by atoms with Crippen LogP contribution in [0.15, 0.2) is 63.3 Å². The monoisotopic (exact) mass is 350 g/mol. The molecule has 0 aromatic carbocycles. The smallest absolute Gasteiger partial charge is 0.0206 e. The Morgan fingerprint density at radius 3 is 0.960 bits per heavy atom. The lowest BCUT2D eigenvalue weighted by Gasteiger charge is -2.08. The molecule has 0 unspecified atom stereocenters. The molecule has 150 valence electrons. The number of hydrogen-bond donors (Lipinski definition) is 0. The molecule has 0 aliphatic carbocycles. The fourth-order valence-corrected chi connectivity index (χ4v) is 0.408. The van der Waals surface area contributed by atoms with E-state index in [0.29, 0.717) is 11.3 Å². The van der Waals surface area contributed by atoms with Gasteiger partial charge in [-0.15, -0.1) is 32.9 Å². The molecule has 0 aromatic rings. The van der Waals surface area contributed by atoms with E-state index in [0.717, 1.165) is 19.3 Å². The normalized spacial score (nSPS) is 8.36. The van der Waals surface area contributed by atoms with Gasteiger partial charge in [-0.3, -0.25) is 0 Å². The van der Waals surface area contributed by atoms with Gasteiger partial charge in [-0.2, -0.15) is 0 Å². The second kappa shape index (κ2) is 34.1. The molecule has 0 fully saturated rings. The summed E-state index contributed by atoms with van der Waals surface area (Å²) in [6.07, 6.45) is 15.4. The van der Waals surface area contributed by atoms with Crippen molar-refractivity contribution in [3.8, 4) is 0 Å². The van der Waals surface area contributed by atoms with Crippen LogP contribution in [0.1, 0.15) is 87.5 Å². The zero-order valence-electron chi connectivity index (χ0n) is 19.0. The van der Waals surface area contributed by atoms with Crippen LogP contribution in [0.4, 0.5) is 0 Å². The average Bonchev–Trinajstić information content (AvgIpc) is 2.57. The van der Waals surface area contributed by atoms with Crippen LogP contribution in [0.5, 0.6) is 0 Å². The average molecular weight is 351 g/mol. The van der Waals surface area contributed by atoms with Gasteiger partial charge in [-0.25, -0.2) is 0 Å². The molecule has 0 spiro atoms. The number of allylic oxidation sites excluding steroid dienone is 5. The molecular formula is C25H50. The van der Waals surface area contributed by atoms with E-state index in [-0.39, 0.29) is 0 Å². The maximum atomic E-state index is 3.63. The van der Waals surface area contributed by atoms with Gasteiger partial charge < -0.3 is 0 Å². The maximum absolute atomic E-state index is 3.63. The molecule has 0 bridgehead atoms. The van der Waals surface area contributed by atoms with Crippen LogP contribution in [-0.4, -0.2) is 0 Å². The van der Waals surface area contributed by atoms with Crippen LogP contribution in [0.3, 0.4) is 0 Å². The lowest BCUT2D eigenvalue weighted by molar-refractivity contribution is 0.546. The van der Waals surface area contributed by atoms with Gasteiger partial charge in [0.25, 0.3) is 0 Å². The van der Waals surface area contributed by atoms with Crippen LogP contribution in [0.25, 0.3) is 0 Å². The zero-order chi connectivity index (χ0) is 21.1. The van der Waals surface area contributed by atoms with Crippen molar-refractivity contribution in [2.75, 3.05) is 0 Å². The summed E-state index contributed by atoms with van der Waals surface area (Å²) in [4.78, 5) is 0. The highest BCUT2D eigenvalue weighted by Gasteiger charge is 1.99. The number of unbranched alkanes of at least 4 members (excludes halogenated alkanes) is 2. The van der Waals surface area contributed by atoms with Crippen LogP contribution < -0.4 is 0 Å². The molecule has 0 heterocycles. The summed E-state index contributed by atoms with van der Waals surface area (Å²) in [5, 5.41) is 0. The second-order valence-electron chi connectivity index (χ2n) is 6.90. The van der Waals surface area contributed by atoms with Crippen LogP contribution in [0.2, 0.25) is 0 Å². The Balaban J connectivity index is -0.0000000671. The van der Waals surface area contributed by atoms with Crippen molar-refractivity contribution in [1.29, 1.82) is 0 Å². The third kappa shape index (κ3) is 129. The van der Waals surface area contributed by atoms with E-state index < -0.39 is 0 Å². The summed E-state index contributed by atoms with van der Waals surface area (Å²) in [5.74, 6) is 0.648.